The molecule has 2 rings (SSSR count). The zero-order chi connectivity index (χ0) is 20.5. The van der Waals surface area contributed by atoms with Crippen molar-refractivity contribution in [2.45, 2.75) is 20.3 Å². The first-order chi connectivity index (χ1) is 13.5. The lowest BCUT2D eigenvalue weighted by Crippen LogP contribution is -2.09. The van der Waals surface area contributed by atoms with E-state index in [0.29, 0.717) is 17.7 Å². The fourth-order valence-corrected chi connectivity index (χ4v) is 2.56. The molecule has 0 spiro atoms. The van der Waals surface area contributed by atoms with Crippen LogP contribution in [0.1, 0.15) is 35.5 Å². The highest BCUT2D eigenvalue weighted by molar-refractivity contribution is 6.11. The highest BCUT2D eigenvalue weighted by Gasteiger charge is 2.23. The molecule has 0 amide bonds. The molecule has 0 aliphatic carbocycles. The van der Waals surface area contributed by atoms with Crippen LogP contribution in [0.5, 0.6) is 17.2 Å². The van der Waals surface area contributed by atoms with Gasteiger partial charge in [-0.05, 0) is 44.6 Å². The van der Waals surface area contributed by atoms with Gasteiger partial charge in [0.2, 0.25) is 0 Å². The molecule has 1 aromatic heterocycles. The minimum absolute atomic E-state index is 0.00860. The van der Waals surface area contributed by atoms with Crippen molar-refractivity contribution in [2.24, 2.45) is 0 Å². The van der Waals surface area contributed by atoms with Crippen LogP contribution in [0.25, 0.3) is 6.08 Å². The van der Waals surface area contributed by atoms with Crippen LogP contribution >= 0.6 is 0 Å². The van der Waals surface area contributed by atoms with Crippen molar-refractivity contribution in [3.8, 4) is 17.2 Å². The van der Waals surface area contributed by atoms with Crippen LogP contribution in [0.3, 0.4) is 0 Å². The minimum Gasteiger partial charge on any atom is -0.507 e. The zero-order valence-corrected chi connectivity index (χ0v) is 16.6. The lowest BCUT2D eigenvalue weighted by Gasteiger charge is -2.18. The van der Waals surface area contributed by atoms with Crippen LogP contribution in [-0.2, 0) is 11.2 Å². The molecule has 0 aliphatic rings. The highest BCUT2D eigenvalue weighted by atomic mass is 16.7. The molecule has 6 heteroatoms. The van der Waals surface area contributed by atoms with Crippen LogP contribution < -0.4 is 9.47 Å². The second-order valence-electron chi connectivity index (χ2n) is 6.27. The minimum atomic E-state index is -0.327. The van der Waals surface area contributed by atoms with Gasteiger partial charge in [-0.15, -0.1) is 0 Å². The molecule has 1 N–H and O–H groups in total. The lowest BCUT2D eigenvalue weighted by molar-refractivity contribution is 0.0494. The normalized spacial score (nSPS) is 10.7. The van der Waals surface area contributed by atoms with Gasteiger partial charge in [0.25, 0.3) is 0 Å². The number of phenolic OH excluding ortho intramolecular Hbond substituents is 1. The van der Waals surface area contributed by atoms with E-state index in [1.54, 1.807) is 24.4 Å². The molecule has 0 fully saturated rings. The van der Waals surface area contributed by atoms with Crippen molar-refractivity contribution in [2.75, 3.05) is 21.0 Å². The van der Waals surface area contributed by atoms with E-state index >= 15 is 0 Å². The third kappa shape index (κ3) is 5.44. The fraction of sp³-hybridized carbons (Fsp3) is 0.273. The van der Waals surface area contributed by atoms with Crippen molar-refractivity contribution in [1.29, 1.82) is 0 Å². The first kappa shape index (κ1) is 21.2. The van der Waals surface area contributed by atoms with Gasteiger partial charge in [-0.3, -0.25) is 9.78 Å². The van der Waals surface area contributed by atoms with Crippen LogP contribution in [0.4, 0.5) is 0 Å². The Bertz CT molecular complexity index is 868. The van der Waals surface area contributed by atoms with Crippen LogP contribution in [0.15, 0.2) is 48.2 Å². The Morgan fingerprint density at radius 2 is 2.04 bits per heavy atom. The summed E-state index contributed by atoms with van der Waals surface area (Å²) in [7, 11) is 2.92. The number of carbonyl (C=O) groups is 1. The second kappa shape index (κ2) is 10.3. The number of ketones is 1. The van der Waals surface area contributed by atoms with Gasteiger partial charge in [0.1, 0.15) is 22.8 Å². The Morgan fingerprint density at radius 3 is 2.64 bits per heavy atom. The molecule has 1 aromatic carbocycles. The summed E-state index contributed by atoms with van der Waals surface area (Å²) in [5, 5.41) is 10.5. The molecule has 0 radical (unpaired) electrons. The fourth-order valence-electron chi connectivity index (χ4n) is 2.56. The molecule has 2 aromatic rings. The quantitative estimate of drug-likeness (QED) is 0.303. The number of rotatable bonds is 9. The van der Waals surface area contributed by atoms with Gasteiger partial charge in [0.15, 0.2) is 12.6 Å². The summed E-state index contributed by atoms with van der Waals surface area (Å²) < 4.78 is 16.0. The van der Waals surface area contributed by atoms with Gasteiger partial charge in [0.05, 0.1) is 12.8 Å². The van der Waals surface area contributed by atoms with Gasteiger partial charge in [-0.25, -0.2) is 0 Å². The van der Waals surface area contributed by atoms with Crippen molar-refractivity contribution >= 4 is 11.9 Å². The van der Waals surface area contributed by atoms with E-state index in [2.05, 4.69) is 4.98 Å². The summed E-state index contributed by atoms with van der Waals surface area (Å²) >= 11 is 0. The largest absolute Gasteiger partial charge is 0.507 e. The molecule has 0 bridgehead atoms. The Morgan fingerprint density at radius 1 is 1.25 bits per heavy atom. The Hall–Kier alpha value is -3.12. The Labute approximate surface area is 165 Å². The average molecular weight is 383 g/mol. The van der Waals surface area contributed by atoms with Crippen molar-refractivity contribution < 1.29 is 24.1 Å². The number of ether oxygens (including phenoxy) is 3. The van der Waals surface area contributed by atoms with Gasteiger partial charge in [0, 0.05) is 24.9 Å². The number of pyridine rings is 1. The summed E-state index contributed by atoms with van der Waals surface area (Å²) in [6.45, 7) is 3.84. The molecule has 0 saturated carbocycles. The third-order valence-corrected chi connectivity index (χ3v) is 3.92. The Kier molecular flexibility index (Phi) is 7.77. The third-order valence-electron chi connectivity index (χ3n) is 3.92. The van der Waals surface area contributed by atoms with Crippen molar-refractivity contribution in [3.05, 3.63) is 65.0 Å². The first-order valence-corrected chi connectivity index (χ1v) is 8.79. The smallest absolute Gasteiger partial charge is 0.193 e. The van der Waals surface area contributed by atoms with Crippen LogP contribution in [-0.4, -0.2) is 36.9 Å². The standard InChI is InChI=1S/C22H25NO5/c1-15(2)8-10-17-19(25)13-20(27-4)21(22(17)28-14-26-3)18(24)11-9-16-7-5-6-12-23-16/h5-9,11-13,25H,10,14H2,1-4H3/b11-9+. The van der Waals surface area contributed by atoms with Gasteiger partial charge < -0.3 is 19.3 Å². The van der Waals surface area contributed by atoms with E-state index in [1.807, 2.05) is 26.0 Å². The van der Waals surface area contributed by atoms with Gasteiger partial charge in [-0.1, -0.05) is 17.7 Å². The number of allylic oxidation sites excluding steroid dienone is 3. The number of aromatic nitrogens is 1. The maximum atomic E-state index is 13.0. The number of phenols is 1. The summed E-state index contributed by atoms with van der Waals surface area (Å²) in [4.78, 5) is 17.1. The molecule has 148 valence electrons. The summed E-state index contributed by atoms with van der Waals surface area (Å²) in [6.07, 6.45) is 7.02. The maximum Gasteiger partial charge on any atom is 0.193 e. The van der Waals surface area contributed by atoms with E-state index in [1.165, 1.54) is 26.4 Å². The molecule has 0 saturated heterocycles. The van der Waals surface area contributed by atoms with Crippen LogP contribution in [0.2, 0.25) is 0 Å². The monoisotopic (exact) mass is 383 g/mol. The molecule has 28 heavy (non-hydrogen) atoms. The van der Waals surface area contributed by atoms with Crippen molar-refractivity contribution in [3.63, 3.8) is 0 Å². The Balaban J connectivity index is 2.54. The number of hydrogen-bond donors (Lipinski definition) is 1. The van der Waals surface area contributed by atoms with E-state index in [9.17, 15) is 9.90 Å². The maximum absolute atomic E-state index is 13.0. The second-order valence-corrected chi connectivity index (χ2v) is 6.27. The molecular weight excluding hydrogens is 358 g/mol. The number of aromatic hydroxyl groups is 1. The highest BCUT2D eigenvalue weighted by Crippen LogP contribution is 2.40. The number of hydrogen-bond acceptors (Lipinski definition) is 6. The number of benzene rings is 1. The number of nitrogens with zero attached hydrogens (tertiary/aromatic N) is 1. The first-order valence-electron chi connectivity index (χ1n) is 8.79. The van der Waals surface area contributed by atoms with Crippen LogP contribution in [0, 0.1) is 0 Å². The predicted octanol–water partition coefficient (Wildman–Crippen LogP) is 4.18. The van der Waals surface area contributed by atoms with Crippen molar-refractivity contribution in [1.82, 2.24) is 4.98 Å². The molecule has 6 nitrogen and oxygen atoms in total. The number of methoxy groups -OCH3 is 2. The van der Waals surface area contributed by atoms with E-state index in [-0.39, 0.29) is 35.4 Å². The number of carbonyl (C=O) groups excluding carboxylic acids is 1. The zero-order valence-electron chi connectivity index (χ0n) is 16.6. The van der Waals surface area contributed by atoms with Gasteiger partial charge >= 0.3 is 0 Å². The summed E-state index contributed by atoms with van der Waals surface area (Å²) in [6, 6.07) is 6.85. The topological polar surface area (TPSA) is 77.9 Å². The molecule has 0 unspecified atom stereocenters. The van der Waals surface area contributed by atoms with Gasteiger partial charge in [-0.2, -0.15) is 0 Å². The van der Waals surface area contributed by atoms with E-state index < -0.39 is 0 Å². The molecular formula is C22H25NO5. The lowest BCUT2D eigenvalue weighted by atomic mass is 9.99. The molecule has 1 heterocycles. The predicted molar refractivity (Wildman–Crippen MR) is 108 cm³/mol. The summed E-state index contributed by atoms with van der Waals surface area (Å²) in [5.41, 5.74) is 2.45. The average Bonchev–Trinajstić information content (AvgIpc) is 2.69. The summed E-state index contributed by atoms with van der Waals surface area (Å²) in [5.74, 6) is 0.129. The van der Waals surface area contributed by atoms with E-state index in [0.717, 1.165) is 5.57 Å². The SMILES string of the molecule is COCOc1c(CC=C(C)C)c(O)cc(OC)c1C(=O)/C=C/c1ccccn1. The van der Waals surface area contributed by atoms with E-state index in [4.69, 9.17) is 14.2 Å². The molecule has 0 atom stereocenters. The molecule has 0 aliphatic heterocycles.